The standard InChI is InChI=1S/C26H30ClN3O4S/c1-2-24(31)28-20-13-16-30(26(18-20)14-6-15-26)35(33,34)21-10-11-23(22(27)17-21)29-25(32)12-9-19-7-4-3-5-8-19/h2-5,7-8,10-11,17,20H,1,6,9,12-16,18H2,(H,28,31)(H,29,32). The molecule has 1 atom stereocenters. The molecule has 1 saturated heterocycles. The topological polar surface area (TPSA) is 95.6 Å². The lowest BCUT2D eigenvalue weighted by Gasteiger charge is -2.54. The van der Waals surface area contributed by atoms with E-state index in [4.69, 9.17) is 11.6 Å². The van der Waals surface area contributed by atoms with Crippen LogP contribution in [0.4, 0.5) is 5.69 Å². The van der Waals surface area contributed by atoms with E-state index in [-0.39, 0.29) is 27.8 Å². The molecule has 1 heterocycles. The van der Waals surface area contributed by atoms with E-state index in [1.165, 1.54) is 18.2 Å². The van der Waals surface area contributed by atoms with Gasteiger partial charge < -0.3 is 10.6 Å². The number of carbonyl (C=O) groups excluding carboxylic acids is 2. The summed E-state index contributed by atoms with van der Waals surface area (Å²) in [5.74, 6) is -0.433. The first-order chi connectivity index (χ1) is 16.7. The quantitative estimate of drug-likeness (QED) is 0.513. The number of hydrogen-bond acceptors (Lipinski definition) is 4. The average molecular weight is 516 g/mol. The van der Waals surface area contributed by atoms with Crippen LogP contribution in [0.2, 0.25) is 5.02 Å². The first kappa shape index (κ1) is 25.4. The van der Waals surface area contributed by atoms with Crippen molar-refractivity contribution < 1.29 is 18.0 Å². The van der Waals surface area contributed by atoms with E-state index in [1.807, 2.05) is 30.3 Å². The fourth-order valence-corrected chi connectivity index (χ4v) is 7.14. The van der Waals surface area contributed by atoms with E-state index >= 15 is 0 Å². The molecule has 0 radical (unpaired) electrons. The molecular weight excluding hydrogens is 486 g/mol. The van der Waals surface area contributed by atoms with Crippen LogP contribution < -0.4 is 10.6 Å². The third-order valence-electron chi connectivity index (χ3n) is 6.94. The largest absolute Gasteiger partial charge is 0.350 e. The van der Waals surface area contributed by atoms with Crippen molar-refractivity contribution in [3.63, 3.8) is 0 Å². The van der Waals surface area contributed by atoms with Gasteiger partial charge in [-0.05, 0) is 68.4 Å². The minimum absolute atomic E-state index is 0.0793. The van der Waals surface area contributed by atoms with Gasteiger partial charge in [0.25, 0.3) is 0 Å². The molecule has 1 aliphatic heterocycles. The maximum atomic E-state index is 13.6. The Morgan fingerprint density at radius 2 is 1.91 bits per heavy atom. The van der Waals surface area contributed by atoms with Gasteiger partial charge in [0, 0.05) is 24.5 Å². The zero-order valence-corrected chi connectivity index (χ0v) is 21.1. The summed E-state index contributed by atoms with van der Waals surface area (Å²) in [7, 11) is -3.80. The second-order valence-electron chi connectivity index (χ2n) is 9.23. The number of nitrogens with zero attached hydrogens (tertiary/aromatic N) is 1. The predicted octanol–water partition coefficient (Wildman–Crippen LogP) is 4.29. The van der Waals surface area contributed by atoms with Crippen LogP contribution in [-0.2, 0) is 26.0 Å². The van der Waals surface area contributed by atoms with Crippen molar-refractivity contribution in [3.05, 3.63) is 71.8 Å². The van der Waals surface area contributed by atoms with Crippen molar-refractivity contribution >= 4 is 39.1 Å². The Bertz CT molecular complexity index is 1210. The summed E-state index contributed by atoms with van der Waals surface area (Å²) in [6.45, 7) is 3.81. The van der Waals surface area contributed by atoms with E-state index < -0.39 is 15.6 Å². The number of aryl methyl sites for hydroxylation is 1. The Labute approximate surface area is 211 Å². The molecule has 1 unspecified atom stereocenters. The lowest BCUT2D eigenvalue weighted by Crippen LogP contribution is -2.63. The highest BCUT2D eigenvalue weighted by Crippen LogP contribution is 2.47. The summed E-state index contributed by atoms with van der Waals surface area (Å²) in [5.41, 5.74) is 0.952. The number of rotatable bonds is 8. The number of halogens is 1. The second-order valence-corrected chi connectivity index (χ2v) is 11.5. The number of piperidine rings is 1. The number of hydrogen-bond donors (Lipinski definition) is 2. The molecule has 1 saturated carbocycles. The molecule has 0 aromatic heterocycles. The van der Waals surface area contributed by atoms with Gasteiger partial charge in [-0.1, -0.05) is 48.5 Å². The number of benzene rings is 2. The molecule has 2 fully saturated rings. The summed E-state index contributed by atoms with van der Waals surface area (Å²) in [6.07, 6.45) is 5.70. The van der Waals surface area contributed by atoms with Crippen LogP contribution in [0.3, 0.4) is 0 Å². The van der Waals surface area contributed by atoms with Crippen LogP contribution in [-0.4, -0.2) is 42.7 Å². The summed E-state index contributed by atoms with van der Waals surface area (Å²) in [5, 5.41) is 5.87. The Morgan fingerprint density at radius 1 is 1.17 bits per heavy atom. The van der Waals surface area contributed by atoms with Gasteiger partial charge in [0.05, 0.1) is 15.6 Å². The molecule has 2 aromatic rings. The van der Waals surface area contributed by atoms with Gasteiger partial charge in [-0.2, -0.15) is 4.31 Å². The third kappa shape index (κ3) is 5.60. The highest BCUT2D eigenvalue weighted by molar-refractivity contribution is 7.89. The van der Waals surface area contributed by atoms with Crippen LogP contribution in [0.1, 0.15) is 44.1 Å². The smallest absolute Gasteiger partial charge is 0.243 e. The Hall–Kier alpha value is -2.68. The summed E-state index contributed by atoms with van der Waals surface area (Å²) >= 11 is 6.40. The second kappa shape index (κ2) is 10.5. The average Bonchev–Trinajstić information content (AvgIpc) is 2.83. The molecule has 2 aliphatic rings. The highest BCUT2D eigenvalue weighted by atomic mass is 35.5. The third-order valence-corrected chi connectivity index (χ3v) is 9.25. The maximum Gasteiger partial charge on any atom is 0.243 e. The summed E-state index contributed by atoms with van der Waals surface area (Å²) in [4.78, 5) is 24.2. The predicted molar refractivity (Wildman–Crippen MR) is 137 cm³/mol. The fraction of sp³-hybridized carbons (Fsp3) is 0.385. The molecule has 9 heteroatoms. The van der Waals surface area contributed by atoms with E-state index in [0.717, 1.165) is 24.8 Å². The van der Waals surface area contributed by atoms with Gasteiger partial charge in [0.15, 0.2) is 0 Å². The Kier molecular flexibility index (Phi) is 7.64. The van der Waals surface area contributed by atoms with Crippen LogP contribution in [0.25, 0.3) is 0 Å². The highest BCUT2D eigenvalue weighted by Gasteiger charge is 2.51. The maximum absolute atomic E-state index is 13.6. The summed E-state index contributed by atoms with van der Waals surface area (Å²) < 4.78 is 28.8. The number of amides is 2. The van der Waals surface area contributed by atoms with Gasteiger partial charge in [-0.25, -0.2) is 8.42 Å². The lowest BCUT2D eigenvalue weighted by atomic mass is 9.70. The molecular formula is C26H30ClN3O4S. The van der Waals surface area contributed by atoms with Crippen molar-refractivity contribution in [2.45, 2.75) is 61.4 Å². The van der Waals surface area contributed by atoms with E-state index in [0.29, 0.717) is 37.9 Å². The molecule has 35 heavy (non-hydrogen) atoms. The first-order valence-corrected chi connectivity index (χ1v) is 13.6. The van der Waals surface area contributed by atoms with Crippen molar-refractivity contribution in [2.24, 2.45) is 0 Å². The van der Waals surface area contributed by atoms with Crippen LogP contribution in [0.5, 0.6) is 0 Å². The molecule has 2 aromatic carbocycles. The van der Waals surface area contributed by atoms with E-state index in [1.54, 1.807) is 10.4 Å². The number of nitrogens with one attached hydrogen (secondary N) is 2. The molecule has 1 spiro atoms. The first-order valence-electron chi connectivity index (χ1n) is 11.8. The Balaban J connectivity index is 1.44. The molecule has 0 bridgehead atoms. The van der Waals surface area contributed by atoms with Crippen molar-refractivity contribution in [1.82, 2.24) is 9.62 Å². The fourth-order valence-electron chi connectivity index (χ4n) is 4.97. The minimum atomic E-state index is -3.80. The van der Waals surface area contributed by atoms with Crippen molar-refractivity contribution in [2.75, 3.05) is 11.9 Å². The zero-order valence-electron chi connectivity index (χ0n) is 19.5. The van der Waals surface area contributed by atoms with Crippen LogP contribution in [0.15, 0.2) is 66.1 Å². The van der Waals surface area contributed by atoms with Crippen LogP contribution in [0, 0.1) is 0 Å². The summed E-state index contributed by atoms with van der Waals surface area (Å²) in [6, 6.07) is 14.1. The molecule has 2 amide bonds. The number of sulfonamides is 1. The molecule has 4 rings (SSSR count). The van der Waals surface area contributed by atoms with Crippen molar-refractivity contribution in [3.8, 4) is 0 Å². The van der Waals surface area contributed by atoms with Gasteiger partial charge in [-0.15, -0.1) is 0 Å². The SMILES string of the molecule is C=CC(=O)NC1CCN(S(=O)(=O)c2ccc(NC(=O)CCc3ccccc3)c(Cl)c2)C2(CCC2)C1. The zero-order chi connectivity index (χ0) is 25.1. The van der Waals surface area contributed by atoms with Crippen LogP contribution >= 0.6 is 11.6 Å². The Morgan fingerprint density at radius 3 is 2.54 bits per heavy atom. The minimum Gasteiger partial charge on any atom is -0.350 e. The van der Waals surface area contributed by atoms with E-state index in [9.17, 15) is 18.0 Å². The van der Waals surface area contributed by atoms with Gasteiger partial charge in [0.2, 0.25) is 21.8 Å². The van der Waals surface area contributed by atoms with Crippen molar-refractivity contribution in [1.29, 1.82) is 0 Å². The lowest BCUT2D eigenvalue weighted by molar-refractivity contribution is -0.118. The van der Waals surface area contributed by atoms with Gasteiger partial charge in [0.1, 0.15) is 0 Å². The van der Waals surface area contributed by atoms with E-state index in [2.05, 4.69) is 17.2 Å². The monoisotopic (exact) mass is 515 g/mol. The molecule has 7 nitrogen and oxygen atoms in total. The molecule has 186 valence electrons. The number of carbonyl (C=O) groups is 2. The molecule has 1 aliphatic carbocycles. The van der Waals surface area contributed by atoms with Gasteiger partial charge in [-0.3, -0.25) is 9.59 Å². The van der Waals surface area contributed by atoms with Gasteiger partial charge >= 0.3 is 0 Å². The number of anilines is 1. The molecule has 2 N–H and O–H groups in total. The normalized spacial score (nSPS) is 19.5.